The van der Waals surface area contributed by atoms with E-state index in [0.29, 0.717) is 5.82 Å². The molecule has 3 rings (SSSR count). The molecule has 1 aromatic heterocycles. The molecular formula is C16H14BrN3. The molecule has 0 aliphatic heterocycles. The number of rotatable bonds is 2. The summed E-state index contributed by atoms with van der Waals surface area (Å²) < 4.78 is 2.75. The number of anilines is 1. The molecule has 0 atom stereocenters. The topological polar surface area (TPSA) is 43.8 Å². The van der Waals surface area contributed by atoms with Gasteiger partial charge < -0.3 is 5.73 Å². The highest BCUT2D eigenvalue weighted by Gasteiger charge is 2.08. The molecule has 0 spiro atoms. The monoisotopic (exact) mass is 327 g/mol. The zero-order valence-electron chi connectivity index (χ0n) is 11.0. The van der Waals surface area contributed by atoms with Crippen LogP contribution in [0, 0.1) is 6.92 Å². The quantitative estimate of drug-likeness (QED) is 0.766. The second kappa shape index (κ2) is 5.13. The van der Waals surface area contributed by atoms with Gasteiger partial charge in [-0.25, -0.2) is 4.68 Å². The zero-order chi connectivity index (χ0) is 14.1. The lowest BCUT2D eigenvalue weighted by molar-refractivity contribution is 0.894. The van der Waals surface area contributed by atoms with Crippen molar-refractivity contribution >= 4 is 21.7 Å². The third-order valence-corrected chi connectivity index (χ3v) is 3.63. The van der Waals surface area contributed by atoms with E-state index in [2.05, 4.69) is 52.2 Å². The molecule has 2 aromatic carbocycles. The smallest absolute Gasteiger partial charge is 0.127 e. The number of nitrogens with zero attached hydrogens (tertiary/aromatic N) is 2. The minimum Gasteiger partial charge on any atom is -0.384 e. The van der Waals surface area contributed by atoms with E-state index in [1.807, 2.05) is 30.3 Å². The number of benzene rings is 2. The van der Waals surface area contributed by atoms with Crippen LogP contribution < -0.4 is 5.73 Å². The summed E-state index contributed by atoms with van der Waals surface area (Å²) in [6.07, 6.45) is 0. The van der Waals surface area contributed by atoms with E-state index in [0.717, 1.165) is 21.4 Å². The molecule has 0 radical (unpaired) electrons. The molecule has 20 heavy (non-hydrogen) atoms. The van der Waals surface area contributed by atoms with Crippen LogP contribution in [0.3, 0.4) is 0 Å². The summed E-state index contributed by atoms with van der Waals surface area (Å²) in [5, 5.41) is 4.59. The highest BCUT2D eigenvalue weighted by molar-refractivity contribution is 9.10. The highest BCUT2D eigenvalue weighted by Crippen LogP contribution is 2.24. The average molecular weight is 328 g/mol. The van der Waals surface area contributed by atoms with Crippen molar-refractivity contribution in [3.63, 3.8) is 0 Å². The van der Waals surface area contributed by atoms with Gasteiger partial charge in [0.15, 0.2) is 0 Å². The van der Waals surface area contributed by atoms with Gasteiger partial charge >= 0.3 is 0 Å². The van der Waals surface area contributed by atoms with Gasteiger partial charge in [0.2, 0.25) is 0 Å². The van der Waals surface area contributed by atoms with Crippen LogP contribution in [0.1, 0.15) is 5.56 Å². The molecule has 0 aliphatic rings. The van der Waals surface area contributed by atoms with E-state index in [1.54, 1.807) is 4.68 Å². The van der Waals surface area contributed by atoms with E-state index in [-0.39, 0.29) is 0 Å². The normalized spacial score (nSPS) is 10.7. The van der Waals surface area contributed by atoms with Gasteiger partial charge in [-0.2, -0.15) is 5.10 Å². The Morgan fingerprint density at radius 3 is 2.50 bits per heavy atom. The summed E-state index contributed by atoms with van der Waals surface area (Å²) in [4.78, 5) is 0. The van der Waals surface area contributed by atoms with E-state index in [1.165, 1.54) is 5.56 Å². The van der Waals surface area contributed by atoms with Crippen molar-refractivity contribution in [2.75, 3.05) is 5.73 Å². The number of hydrogen-bond donors (Lipinski definition) is 1. The van der Waals surface area contributed by atoms with Gasteiger partial charge in [-0.05, 0) is 25.1 Å². The molecule has 0 amide bonds. The first-order valence-electron chi connectivity index (χ1n) is 6.32. The number of halogens is 1. The largest absolute Gasteiger partial charge is 0.384 e. The summed E-state index contributed by atoms with van der Waals surface area (Å²) in [5.74, 6) is 0.624. The van der Waals surface area contributed by atoms with Crippen LogP contribution in [0.5, 0.6) is 0 Å². The van der Waals surface area contributed by atoms with Crippen LogP contribution in [0.25, 0.3) is 16.9 Å². The number of aromatic nitrogens is 2. The fourth-order valence-corrected chi connectivity index (χ4v) is 2.46. The van der Waals surface area contributed by atoms with E-state index in [4.69, 9.17) is 5.73 Å². The van der Waals surface area contributed by atoms with E-state index < -0.39 is 0 Å². The first kappa shape index (κ1) is 12.9. The summed E-state index contributed by atoms with van der Waals surface area (Å²) >= 11 is 3.46. The Bertz CT molecular complexity index is 745. The van der Waals surface area contributed by atoms with Crippen LogP contribution in [-0.2, 0) is 0 Å². The Labute approximate surface area is 126 Å². The van der Waals surface area contributed by atoms with Crippen molar-refractivity contribution in [2.24, 2.45) is 0 Å². The Morgan fingerprint density at radius 2 is 1.80 bits per heavy atom. The number of aryl methyl sites for hydroxylation is 1. The Kier molecular flexibility index (Phi) is 3.32. The Hall–Kier alpha value is -2.07. The molecule has 0 unspecified atom stereocenters. The predicted octanol–water partition coefficient (Wildman–Crippen LogP) is 4.19. The van der Waals surface area contributed by atoms with Gasteiger partial charge in [-0.15, -0.1) is 0 Å². The molecule has 0 bridgehead atoms. The second-order valence-electron chi connectivity index (χ2n) is 4.71. The average Bonchev–Trinajstić information content (AvgIpc) is 2.82. The van der Waals surface area contributed by atoms with Gasteiger partial charge in [0.1, 0.15) is 5.82 Å². The lowest BCUT2D eigenvalue weighted by Gasteiger charge is -2.04. The van der Waals surface area contributed by atoms with Crippen LogP contribution in [-0.4, -0.2) is 9.78 Å². The van der Waals surface area contributed by atoms with Crippen molar-refractivity contribution < 1.29 is 0 Å². The fraction of sp³-hybridized carbons (Fsp3) is 0.0625. The fourth-order valence-electron chi connectivity index (χ4n) is 2.08. The van der Waals surface area contributed by atoms with Crippen molar-refractivity contribution in [1.82, 2.24) is 9.78 Å². The van der Waals surface area contributed by atoms with E-state index >= 15 is 0 Å². The maximum atomic E-state index is 6.08. The molecule has 4 heteroatoms. The maximum Gasteiger partial charge on any atom is 0.127 e. The van der Waals surface area contributed by atoms with Gasteiger partial charge in [-0.3, -0.25) is 0 Å². The molecule has 2 N–H and O–H groups in total. The summed E-state index contributed by atoms with van der Waals surface area (Å²) in [5.41, 5.74) is 10.2. The molecular weight excluding hydrogens is 314 g/mol. The van der Waals surface area contributed by atoms with Crippen molar-refractivity contribution in [3.8, 4) is 16.9 Å². The van der Waals surface area contributed by atoms with Crippen molar-refractivity contribution in [1.29, 1.82) is 0 Å². The third-order valence-electron chi connectivity index (χ3n) is 3.14. The van der Waals surface area contributed by atoms with E-state index in [9.17, 15) is 0 Å². The number of hydrogen-bond acceptors (Lipinski definition) is 2. The molecule has 100 valence electrons. The summed E-state index contributed by atoms with van der Waals surface area (Å²) in [6, 6.07) is 18.1. The summed E-state index contributed by atoms with van der Waals surface area (Å²) in [7, 11) is 0. The minimum atomic E-state index is 0.624. The molecule has 1 heterocycles. The van der Waals surface area contributed by atoms with Crippen LogP contribution in [0.2, 0.25) is 0 Å². The SMILES string of the molecule is Cc1ccc(-c2cc(N)n(-c3cccc(Br)c3)n2)cc1. The summed E-state index contributed by atoms with van der Waals surface area (Å²) in [6.45, 7) is 2.07. The molecule has 0 aliphatic carbocycles. The molecule has 3 nitrogen and oxygen atoms in total. The van der Waals surface area contributed by atoms with Gasteiger partial charge in [0.05, 0.1) is 11.4 Å². The van der Waals surface area contributed by atoms with Gasteiger partial charge in [0, 0.05) is 16.1 Å². The Balaban J connectivity index is 2.05. The molecule has 0 saturated heterocycles. The third kappa shape index (κ3) is 2.47. The zero-order valence-corrected chi connectivity index (χ0v) is 12.6. The Morgan fingerprint density at radius 1 is 1.05 bits per heavy atom. The lowest BCUT2D eigenvalue weighted by Crippen LogP contribution is -2.01. The number of nitrogen functional groups attached to an aromatic ring is 1. The standard InChI is InChI=1S/C16H14BrN3/c1-11-5-7-12(8-6-11)15-10-16(18)20(19-15)14-4-2-3-13(17)9-14/h2-10H,18H2,1H3. The first-order valence-corrected chi connectivity index (χ1v) is 7.11. The molecule has 0 fully saturated rings. The van der Waals surface area contributed by atoms with Crippen LogP contribution in [0.4, 0.5) is 5.82 Å². The van der Waals surface area contributed by atoms with Crippen molar-refractivity contribution in [3.05, 3.63) is 64.6 Å². The minimum absolute atomic E-state index is 0.624. The molecule has 0 saturated carbocycles. The lowest BCUT2D eigenvalue weighted by atomic mass is 10.1. The number of nitrogens with two attached hydrogens (primary N) is 1. The predicted molar refractivity (Wildman–Crippen MR) is 85.8 cm³/mol. The van der Waals surface area contributed by atoms with Crippen LogP contribution >= 0.6 is 15.9 Å². The molecule has 3 aromatic rings. The highest BCUT2D eigenvalue weighted by atomic mass is 79.9. The second-order valence-corrected chi connectivity index (χ2v) is 5.63. The first-order chi connectivity index (χ1) is 9.63. The maximum absolute atomic E-state index is 6.08. The van der Waals surface area contributed by atoms with Crippen molar-refractivity contribution in [2.45, 2.75) is 6.92 Å². The van der Waals surface area contributed by atoms with Gasteiger partial charge in [-0.1, -0.05) is 51.8 Å². The van der Waals surface area contributed by atoms with Crippen LogP contribution in [0.15, 0.2) is 59.1 Å². The van der Waals surface area contributed by atoms with Gasteiger partial charge in [0.25, 0.3) is 0 Å².